The third-order valence-electron chi connectivity index (χ3n) is 2.73. The van der Waals surface area contributed by atoms with Gasteiger partial charge in [-0.1, -0.05) is 13.3 Å². The molecule has 1 aliphatic heterocycles. The number of rotatable bonds is 6. The molecule has 1 fully saturated rings. The van der Waals surface area contributed by atoms with Crippen molar-refractivity contribution in [3.05, 3.63) is 0 Å². The van der Waals surface area contributed by atoms with Gasteiger partial charge >= 0.3 is 5.97 Å². The van der Waals surface area contributed by atoms with E-state index in [2.05, 4.69) is 16.0 Å². The molecule has 0 bridgehead atoms. The van der Waals surface area contributed by atoms with Gasteiger partial charge in [0.25, 0.3) is 0 Å². The van der Waals surface area contributed by atoms with Gasteiger partial charge in [0.1, 0.15) is 6.04 Å². The fourth-order valence-corrected chi connectivity index (χ4v) is 1.84. The molecule has 0 aromatic rings. The van der Waals surface area contributed by atoms with E-state index in [-0.39, 0.29) is 37.4 Å². The lowest BCUT2D eigenvalue weighted by Crippen LogP contribution is -2.59. The van der Waals surface area contributed by atoms with Crippen LogP contribution in [0.5, 0.6) is 0 Å². The first kappa shape index (κ1) is 14.4. The van der Waals surface area contributed by atoms with Crippen LogP contribution in [0.4, 0.5) is 0 Å². The number of carbonyl (C=O) groups is 3. The van der Waals surface area contributed by atoms with E-state index < -0.39 is 12.0 Å². The van der Waals surface area contributed by atoms with E-state index in [9.17, 15) is 14.4 Å². The predicted molar refractivity (Wildman–Crippen MR) is 63.9 cm³/mol. The lowest BCUT2D eigenvalue weighted by molar-refractivity contribution is -0.137. The first-order valence-corrected chi connectivity index (χ1v) is 6.05. The van der Waals surface area contributed by atoms with Crippen molar-refractivity contribution in [3.8, 4) is 0 Å². The van der Waals surface area contributed by atoms with E-state index in [1.54, 1.807) is 0 Å². The second-order valence-electron chi connectivity index (χ2n) is 4.33. The molecule has 7 nitrogen and oxygen atoms in total. The summed E-state index contributed by atoms with van der Waals surface area (Å²) >= 11 is 0. The molecular formula is C11H19N3O4. The Hall–Kier alpha value is -1.63. The highest BCUT2D eigenvalue weighted by Crippen LogP contribution is 2.03. The molecule has 0 spiro atoms. The van der Waals surface area contributed by atoms with Crippen molar-refractivity contribution in [1.82, 2.24) is 16.0 Å². The van der Waals surface area contributed by atoms with E-state index >= 15 is 0 Å². The number of carbonyl (C=O) groups excluding carboxylic acids is 2. The Morgan fingerprint density at radius 1 is 1.56 bits per heavy atom. The van der Waals surface area contributed by atoms with Gasteiger partial charge in [0.2, 0.25) is 11.8 Å². The van der Waals surface area contributed by atoms with Gasteiger partial charge in [-0.2, -0.15) is 0 Å². The Labute approximate surface area is 105 Å². The normalized spacial score (nSPS) is 20.9. The third-order valence-corrected chi connectivity index (χ3v) is 2.73. The molecule has 1 heterocycles. The van der Waals surface area contributed by atoms with Crippen molar-refractivity contribution in [2.24, 2.45) is 0 Å². The Morgan fingerprint density at radius 2 is 2.28 bits per heavy atom. The van der Waals surface area contributed by atoms with E-state index in [4.69, 9.17) is 5.11 Å². The second kappa shape index (κ2) is 6.95. The average molecular weight is 257 g/mol. The molecule has 0 aromatic carbocycles. The Bertz CT molecular complexity index is 322. The van der Waals surface area contributed by atoms with Crippen molar-refractivity contribution in [2.45, 2.75) is 38.3 Å². The monoisotopic (exact) mass is 257 g/mol. The molecule has 0 aromatic heterocycles. The van der Waals surface area contributed by atoms with Crippen molar-refractivity contribution in [1.29, 1.82) is 0 Å². The molecule has 1 rings (SSSR count). The third kappa shape index (κ3) is 4.70. The van der Waals surface area contributed by atoms with E-state index in [0.717, 1.165) is 6.42 Å². The highest BCUT2D eigenvalue weighted by molar-refractivity contribution is 5.87. The molecule has 18 heavy (non-hydrogen) atoms. The van der Waals surface area contributed by atoms with Gasteiger partial charge in [0.05, 0.1) is 13.0 Å². The maximum Gasteiger partial charge on any atom is 0.305 e. The largest absolute Gasteiger partial charge is 0.481 e. The SMILES string of the molecule is CCCC(CC(=O)O)NC(=O)C1CNC(=O)CN1. The molecule has 0 saturated carbocycles. The summed E-state index contributed by atoms with van der Waals surface area (Å²) in [5.74, 6) is -1.34. The van der Waals surface area contributed by atoms with Crippen LogP contribution in [-0.2, 0) is 14.4 Å². The summed E-state index contributed by atoms with van der Waals surface area (Å²) in [6.45, 7) is 2.27. The van der Waals surface area contributed by atoms with Crippen molar-refractivity contribution >= 4 is 17.8 Å². The first-order chi connectivity index (χ1) is 8.52. The van der Waals surface area contributed by atoms with Crippen LogP contribution >= 0.6 is 0 Å². The van der Waals surface area contributed by atoms with Crippen LogP contribution in [0.15, 0.2) is 0 Å². The number of carboxylic acid groups (broad SMARTS) is 1. The fraction of sp³-hybridized carbons (Fsp3) is 0.727. The van der Waals surface area contributed by atoms with Crippen LogP contribution in [0, 0.1) is 0 Å². The van der Waals surface area contributed by atoms with Gasteiger partial charge in [-0.25, -0.2) is 0 Å². The fourth-order valence-electron chi connectivity index (χ4n) is 1.84. The highest BCUT2D eigenvalue weighted by Gasteiger charge is 2.25. The molecular weight excluding hydrogens is 238 g/mol. The number of carboxylic acids is 1. The summed E-state index contributed by atoms with van der Waals surface area (Å²) in [6, 6.07) is -0.852. The summed E-state index contributed by atoms with van der Waals surface area (Å²) in [5, 5.41) is 16.8. The van der Waals surface area contributed by atoms with Crippen molar-refractivity contribution in [3.63, 3.8) is 0 Å². The molecule has 102 valence electrons. The van der Waals surface area contributed by atoms with Gasteiger partial charge in [-0.05, 0) is 6.42 Å². The maximum atomic E-state index is 11.9. The van der Waals surface area contributed by atoms with Crippen LogP contribution in [0.1, 0.15) is 26.2 Å². The van der Waals surface area contributed by atoms with Crippen LogP contribution < -0.4 is 16.0 Å². The van der Waals surface area contributed by atoms with Crippen molar-refractivity contribution < 1.29 is 19.5 Å². The van der Waals surface area contributed by atoms with Gasteiger partial charge in [0, 0.05) is 12.6 Å². The van der Waals surface area contributed by atoms with Gasteiger partial charge in [-0.15, -0.1) is 0 Å². The summed E-state index contributed by atoms with van der Waals surface area (Å²) in [4.78, 5) is 33.4. The molecule has 2 atom stereocenters. The van der Waals surface area contributed by atoms with Crippen LogP contribution in [0.25, 0.3) is 0 Å². The minimum absolute atomic E-state index is 0.0847. The molecule has 0 radical (unpaired) electrons. The van der Waals surface area contributed by atoms with Gasteiger partial charge in [0.15, 0.2) is 0 Å². The molecule has 7 heteroatoms. The summed E-state index contributed by atoms with van der Waals surface area (Å²) in [5.41, 5.74) is 0. The maximum absolute atomic E-state index is 11.9. The lowest BCUT2D eigenvalue weighted by Gasteiger charge is -2.25. The lowest BCUT2D eigenvalue weighted by atomic mass is 10.1. The number of aliphatic carboxylic acids is 1. The van der Waals surface area contributed by atoms with Crippen LogP contribution in [0.3, 0.4) is 0 Å². The minimum Gasteiger partial charge on any atom is -0.481 e. The number of hydrogen-bond donors (Lipinski definition) is 4. The number of nitrogens with one attached hydrogen (secondary N) is 3. The Morgan fingerprint density at radius 3 is 2.78 bits per heavy atom. The zero-order valence-corrected chi connectivity index (χ0v) is 10.4. The number of hydrogen-bond acceptors (Lipinski definition) is 4. The standard InChI is InChI=1S/C11H19N3O4/c1-2-3-7(4-10(16)17)14-11(18)8-5-13-9(15)6-12-8/h7-8,12H,2-6H2,1H3,(H,13,15)(H,14,18)(H,16,17). The van der Waals surface area contributed by atoms with Crippen LogP contribution in [-0.4, -0.2) is 48.1 Å². The smallest absolute Gasteiger partial charge is 0.305 e. The summed E-state index contributed by atoms with van der Waals surface area (Å²) < 4.78 is 0. The Balaban J connectivity index is 2.44. The number of amides is 2. The molecule has 2 unspecified atom stereocenters. The minimum atomic E-state index is -0.932. The van der Waals surface area contributed by atoms with E-state index in [1.165, 1.54) is 0 Å². The highest BCUT2D eigenvalue weighted by atomic mass is 16.4. The quantitative estimate of drug-likeness (QED) is 0.480. The molecule has 1 saturated heterocycles. The zero-order chi connectivity index (χ0) is 13.5. The van der Waals surface area contributed by atoms with Gasteiger partial charge in [-0.3, -0.25) is 19.7 Å². The molecule has 1 aliphatic rings. The second-order valence-corrected chi connectivity index (χ2v) is 4.33. The predicted octanol–water partition coefficient (Wildman–Crippen LogP) is -1.17. The van der Waals surface area contributed by atoms with E-state index in [1.807, 2.05) is 6.92 Å². The molecule has 4 N–H and O–H groups in total. The first-order valence-electron chi connectivity index (χ1n) is 6.05. The molecule has 0 aliphatic carbocycles. The number of piperazine rings is 1. The Kier molecular flexibility index (Phi) is 5.57. The topological polar surface area (TPSA) is 108 Å². The zero-order valence-electron chi connectivity index (χ0n) is 10.4. The van der Waals surface area contributed by atoms with E-state index in [0.29, 0.717) is 6.42 Å². The molecule has 2 amide bonds. The van der Waals surface area contributed by atoms with Gasteiger partial charge < -0.3 is 15.7 Å². The summed E-state index contributed by atoms with van der Waals surface area (Å²) in [6.07, 6.45) is 1.34. The van der Waals surface area contributed by atoms with Crippen molar-refractivity contribution in [2.75, 3.05) is 13.1 Å². The van der Waals surface area contributed by atoms with Crippen LogP contribution in [0.2, 0.25) is 0 Å². The summed E-state index contributed by atoms with van der Waals surface area (Å²) in [7, 11) is 0. The average Bonchev–Trinajstić information content (AvgIpc) is 2.29.